The molecule has 0 amide bonds. The minimum absolute atomic E-state index is 0.457. The minimum Gasteiger partial charge on any atom is -0.380 e. The van der Waals surface area contributed by atoms with Crippen LogP contribution >= 0.6 is 0 Å². The second-order valence-corrected chi connectivity index (χ2v) is 8.38. The highest BCUT2D eigenvalue weighted by Gasteiger charge is 2.35. The van der Waals surface area contributed by atoms with Gasteiger partial charge in [-0.3, -0.25) is 0 Å². The molecule has 1 N–H and O–H groups in total. The van der Waals surface area contributed by atoms with Crippen molar-refractivity contribution in [1.82, 2.24) is 0 Å². The molecule has 0 aliphatic heterocycles. The highest BCUT2D eigenvalue weighted by Crippen LogP contribution is 2.34. The summed E-state index contributed by atoms with van der Waals surface area (Å²) in [5, 5.41) is 11.8. The lowest BCUT2D eigenvalue weighted by Crippen LogP contribution is -2.50. The van der Waals surface area contributed by atoms with Crippen molar-refractivity contribution in [3.8, 4) is 0 Å². The van der Waals surface area contributed by atoms with Gasteiger partial charge in [0.25, 0.3) is 0 Å². The molecule has 0 aromatic heterocycles. The lowest BCUT2D eigenvalue weighted by Gasteiger charge is -2.39. The summed E-state index contributed by atoms with van der Waals surface area (Å²) in [6.45, 7) is 3.19. The normalized spacial score (nSPS) is 13.3. The van der Waals surface area contributed by atoms with Crippen LogP contribution in [0.4, 0.5) is 0 Å². The lowest BCUT2D eigenvalue weighted by atomic mass is 9.83. The van der Waals surface area contributed by atoms with E-state index in [-0.39, 0.29) is 0 Å². The number of rotatable bonds is 8. The molecule has 3 aromatic carbocycles. The minimum atomic E-state index is -0.982. The number of hydrogen-bond acceptors (Lipinski definition) is 1. The van der Waals surface area contributed by atoms with Crippen LogP contribution in [0, 0.1) is 0 Å². The predicted molar refractivity (Wildman–Crippen MR) is 117 cm³/mol. The van der Waals surface area contributed by atoms with E-state index in [1.165, 1.54) is 5.56 Å². The third-order valence-corrected chi connectivity index (χ3v) is 6.12. The molecule has 146 valence electrons. The second-order valence-electron chi connectivity index (χ2n) is 8.38. The van der Waals surface area contributed by atoms with Gasteiger partial charge >= 0.3 is 0 Å². The van der Waals surface area contributed by atoms with Gasteiger partial charge in [-0.05, 0) is 23.6 Å². The Kier molecular flexibility index (Phi) is 6.33. The maximum Gasteiger partial charge on any atom is 0.120 e. The highest BCUT2D eigenvalue weighted by atomic mass is 16.3. The van der Waals surface area contributed by atoms with Gasteiger partial charge in [-0.2, -0.15) is 0 Å². The van der Waals surface area contributed by atoms with Crippen LogP contribution in [0.5, 0.6) is 0 Å². The Morgan fingerprint density at radius 1 is 0.750 bits per heavy atom. The molecule has 0 fully saturated rings. The third kappa shape index (κ3) is 4.70. The van der Waals surface area contributed by atoms with E-state index in [1.807, 2.05) is 60.7 Å². The SMILES string of the molecule is CC(Cc1ccccc1)[N+](C)(C)CCC(O)(c1ccccc1)c1ccccc1. The van der Waals surface area contributed by atoms with E-state index in [4.69, 9.17) is 0 Å². The molecule has 0 aliphatic carbocycles. The molecule has 0 bridgehead atoms. The quantitative estimate of drug-likeness (QED) is 0.549. The highest BCUT2D eigenvalue weighted by molar-refractivity contribution is 5.35. The second kappa shape index (κ2) is 8.72. The molecular weight excluding hydrogens is 342 g/mol. The largest absolute Gasteiger partial charge is 0.380 e. The molecule has 0 spiro atoms. The van der Waals surface area contributed by atoms with Crippen molar-refractivity contribution in [3.63, 3.8) is 0 Å². The van der Waals surface area contributed by atoms with Crippen LogP contribution in [0.15, 0.2) is 91.0 Å². The van der Waals surface area contributed by atoms with Gasteiger partial charge < -0.3 is 9.59 Å². The fourth-order valence-electron chi connectivity index (χ4n) is 3.76. The van der Waals surface area contributed by atoms with Crippen LogP contribution in [-0.4, -0.2) is 36.3 Å². The molecule has 0 heterocycles. The van der Waals surface area contributed by atoms with Crippen LogP contribution in [0.3, 0.4) is 0 Å². The van der Waals surface area contributed by atoms with Crippen LogP contribution in [0.25, 0.3) is 0 Å². The monoisotopic (exact) mass is 374 g/mol. The lowest BCUT2D eigenvalue weighted by molar-refractivity contribution is -0.913. The van der Waals surface area contributed by atoms with Gasteiger partial charge in [-0.25, -0.2) is 0 Å². The first-order valence-corrected chi connectivity index (χ1v) is 10.1. The Morgan fingerprint density at radius 3 is 1.64 bits per heavy atom. The molecule has 3 aromatic rings. The zero-order chi connectivity index (χ0) is 20.0. The fraction of sp³-hybridized carbons (Fsp3) is 0.308. The van der Waals surface area contributed by atoms with Crippen molar-refractivity contribution < 1.29 is 9.59 Å². The number of aliphatic hydroxyl groups is 1. The molecule has 2 nitrogen and oxygen atoms in total. The molecule has 2 heteroatoms. The summed E-state index contributed by atoms with van der Waals surface area (Å²) in [5.74, 6) is 0. The van der Waals surface area contributed by atoms with E-state index in [0.29, 0.717) is 12.5 Å². The molecule has 3 rings (SSSR count). The Bertz CT molecular complexity index is 804. The van der Waals surface area contributed by atoms with Gasteiger partial charge in [0, 0.05) is 12.8 Å². The summed E-state index contributed by atoms with van der Waals surface area (Å²) in [7, 11) is 4.54. The smallest absolute Gasteiger partial charge is 0.120 e. The Labute approximate surface area is 169 Å². The van der Waals surface area contributed by atoms with Gasteiger partial charge in [0.15, 0.2) is 0 Å². The van der Waals surface area contributed by atoms with Crippen LogP contribution < -0.4 is 0 Å². The van der Waals surface area contributed by atoms with Crippen molar-refractivity contribution in [1.29, 1.82) is 0 Å². The predicted octanol–water partition coefficient (Wildman–Crippen LogP) is 5.02. The van der Waals surface area contributed by atoms with E-state index in [1.54, 1.807) is 0 Å². The Balaban J connectivity index is 1.79. The number of hydrogen-bond donors (Lipinski definition) is 1. The number of quaternary nitrogens is 1. The van der Waals surface area contributed by atoms with E-state index >= 15 is 0 Å². The zero-order valence-corrected chi connectivity index (χ0v) is 17.3. The van der Waals surface area contributed by atoms with Crippen LogP contribution in [-0.2, 0) is 12.0 Å². The molecule has 1 unspecified atom stereocenters. The zero-order valence-electron chi connectivity index (χ0n) is 17.3. The number of benzene rings is 3. The first-order chi connectivity index (χ1) is 13.4. The first-order valence-electron chi connectivity index (χ1n) is 10.1. The van der Waals surface area contributed by atoms with E-state index < -0.39 is 5.60 Å². The standard InChI is InChI=1S/C26H32NO/c1-22(21-23-13-7-4-8-14-23)27(2,3)20-19-26(28,24-15-9-5-10-16-24)25-17-11-6-12-18-25/h4-18,22,28H,19-21H2,1-3H3/q+1. The van der Waals surface area contributed by atoms with Crippen molar-refractivity contribution in [2.24, 2.45) is 0 Å². The molecule has 0 saturated carbocycles. The third-order valence-electron chi connectivity index (χ3n) is 6.12. The van der Waals surface area contributed by atoms with E-state index in [2.05, 4.69) is 51.4 Å². The van der Waals surface area contributed by atoms with Gasteiger partial charge in [0.2, 0.25) is 0 Å². The maximum atomic E-state index is 11.8. The average molecular weight is 375 g/mol. The first kappa shape index (κ1) is 20.3. The molecule has 0 saturated heterocycles. The maximum absolute atomic E-state index is 11.8. The number of nitrogens with zero attached hydrogens (tertiary/aromatic N) is 1. The van der Waals surface area contributed by atoms with E-state index in [0.717, 1.165) is 28.6 Å². The van der Waals surface area contributed by atoms with Gasteiger partial charge in [-0.15, -0.1) is 0 Å². The molecule has 0 aliphatic rings. The fourth-order valence-corrected chi connectivity index (χ4v) is 3.76. The summed E-state index contributed by atoms with van der Waals surface area (Å²) in [5.41, 5.74) is 2.29. The molecule has 28 heavy (non-hydrogen) atoms. The van der Waals surface area contributed by atoms with Crippen LogP contribution in [0.2, 0.25) is 0 Å². The summed E-state index contributed by atoms with van der Waals surface area (Å²) in [6.07, 6.45) is 1.70. The topological polar surface area (TPSA) is 20.2 Å². The van der Waals surface area contributed by atoms with Gasteiger partial charge in [0.1, 0.15) is 5.60 Å². The van der Waals surface area contributed by atoms with Gasteiger partial charge in [-0.1, -0.05) is 91.0 Å². The summed E-state index contributed by atoms with van der Waals surface area (Å²) < 4.78 is 0.858. The van der Waals surface area contributed by atoms with Crippen molar-refractivity contribution in [2.75, 3.05) is 20.6 Å². The molecule has 1 atom stereocenters. The summed E-state index contributed by atoms with van der Waals surface area (Å²) >= 11 is 0. The van der Waals surface area contributed by atoms with E-state index in [9.17, 15) is 5.11 Å². The average Bonchev–Trinajstić information content (AvgIpc) is 2.74. The van der Waals surface area contributed by atoms with Crippen molar-refractivity contribution >= 4 is 0 Å². The summed E-state index contributed by atoms with van der Waals surface area (Å²) in [4.78, 5) is 0. The van der Waals surface area contributed by atoms with Gasteiger partial charge in [0.05, 0.1) is 26.7 Å². The molecule has 0 radical (unpaired) electrons. The van der Waals surface area contributed by atoms with Crippen LogP contribution in [0.1, 0.15) is 30.0 Å². The number of likely N-dealkylation sites (N-methyl/N-ethyl adjacent to an activating group) is 1. The molecular formula is C26H32NO+. The Morgan fingerprint density at radius 2 is 1.18 bits per heavy atom. The van der Waals surface area contributed by atoms with Crippen molar-refractivity contribution in [2.45, 2.75) is 31.4 Å². The Hall–Kier alpha value is -2.42. The van der Waals surface area contributed by atoms with Crippen molar-refractivity contribution in [3.05, 3.63) is 108 Å². The summed E-state index contributed by atoms with van der Waals surface area (Å²) in [6, 6.07) is 31.2.